The van der Waals surface area contributed by atoms with Gasteiger partial charge in [-0.25, -0.2) is 4.39 Å². The van der Waals surface area contributed by atoms with Gasteiger partial charge < -0.3 is 9.84 Å². The molecule has 0 heterocycles. The number of benzene rings is 2. The second kappa shape index (κ2) is 5.69. The number of aliphatic hydroxyl groups excluding tert-OH is 1. The van der Waals surface area contributed by atoms with Crippen molar-refractivity contribution >= 4 is 27.5 Å². The van der Waals surface area contributed by atoms with Gasteiger partial charge in [0.15, 0.2) is 5.75 Å². The van der Waals surface area contributed by atoms with Crippen LogP contribution >= 0.6 is 27.5 Å². The first-order valence-electron chi connectivity index (χ1n) is 5.13. The Labute approximate surface area is 117 Å². The quantitative estimate of drug-likeness (QED) is 0.895. The molecule has 5 heteroatoms. The van der Waals surface area contributed by atoms with E-state index in [1.54, 1.807) is 24.3 Å². The Bertz CT molecular complexity index is 575. The standard InChI is InChI=1S/C13H9BrClFO2/c14-10-5-4-9(16)6-12(10)18-13-8(7-17)2-1-3-11(13)15/h1-6,17H,7H2. The largest absolute Gasteiger partial charge is 0.454 e. The van der Waals surface area contributed by atoms with Gasteiger partial charge in [-0.3, -0.25) is 0 Å². The number of hydrogen-bond donors (Lipinski definition) is 1. The van der Waals surface area contributed by atoms with E-state index in [4.69, 9.17) is 16.3 Å². The van der Waals surface area contributed by atoms with Crippen LogP contribution in [-0.4, -0.2) is 5.11 Å². The van der Waals surface area contributed by atoms with Gasteiger partial charge in [0.2, 0.25) is 0 Å². The molecule has 0 aliphatic carbocycles. The third-order valence-corrected chi connectivity index (χ3v) is 3.28. The fraction of sp³-hybridized carbons (Fsp3) is 0.0769. The van der Waals surface area contributed by atoms with Crippen molar-refractivity contribution in [2.24, 2.45) is 0 Å². The molecule has 0 atom stereocenters. The van der Waals surface area contributed by atoms with E-state index in [2.05, 4.69) is 15.9 Å². The highest BCUT2D eigenvalue weighted by molar-refractivity contribution is 9.10. The molecule has 2 aromatic carbocycles. The van der Waals surface area contributed by atoms with Crippen molar-refractivity contribution in [3.8, 4) is 11.5 Å². The number of aliphatic hydroxyl groups is 1. The summed E-state index contributed by atoms with van der Waals surface area (Å²) in [6.07, 6.45) is 0. The van der Waals surface area contributed by atoms with Gasteiger partial charge in [-0.15, -0.1) is 0 Å². The second-order valence-corrected chi connectivity index (χ2v) is 4.82. The van der Waals surface area contributed by atoms with Crippen molar-refractivity contribution in [3.05, 3.63) is 57.3 Å². The SMILES string of the molecule is OCc1cccc(Cl)c1Oc1cc(F)ccc1Br. The first-order chi connectivity index (χ1) is 8.61. The van der Waals surface area contributed by atoms with Gasteiger partial charge in [0.25, 0.3) is 0 Å². The van der Waals surface area contributed by atoms with Gasteiger partial charge in [0.1, 0.15) is 11.6 Å². The Hall–Kier alpha value is -1.10. The molecule has 0 unspecified atom stereocenters. The molecule has 0 radical (unpaired) electrons. The molecule has 2 rings (SSSR count). The van der Waals surface area contributed by atoms with E-state index in [0.29, 0.717) is 26.6 Å². The summed E-state index contributed by atoms with van der Waals surface area (Å²) in [7, 11) is 0. The van der Waals surface area contributed by atoms with E-state index in [-0.39, 0.29) is 6.61 Å². The van der Waals surface area contributed by atoms with Gasteiger partial charge >= 0.3 is 0 Å². The Morgan fingerprint density at radius 3 is 2.78 bits per heavy atom. The number of halogens is 3. The number of ether oxygens (including phenoxy) is 1. The van der Waals surface area contributed by atoms with Crippen LogP contribution in [0, 0.1) is 5.82 Å². The lowest BCUT2D eigenvalue weighted by atomic mass is 10.2. The zero-order chi connectivity index (χ0) is 13.1. The Morgan fingerprint density at radius 1 is 1.28 bits per heavy atom. The Balaban J connectivity index is 2.42. The minimum Gasteiger partial charge on any atom is -0.454 e. The van der Waals surface area contributed by atoms with Crippen LogP contribution in [-0.2, 0) is 6.61 Å². The van der Waals surface area contributed by atoms with Crippen molar-refractivity contribution in [2.75, 3.05) is 0 Å². The maximum absolute atomic E-state index is 13.1. The third kappa shape index (κ3) is 2.83. The zero-order valence-electron chi connectivity index (χ0n) is 9.16. The summed E-state index contributed by atoms with van der Waals surface area (Å²) in [6.45, 7) is -0.206. The van der Waals surface area contributed by atoms with E-state index in [9.17, 15) is 9.50 Å². The molecule has 2 nitrogen and oxygen atoms in total. The first-order valence-corrected chi connectivity index (χ1v) is 6.30. The van der Waals surface area contributed by atoms with Crippen molar-refractivity contribution in [1.29, 1.82) is 0 Å². The molecule has 0 aliphatic rings. The lowest BCUT2D eigenvalue weighted by Crippen LogP contribution is -1.93. The van der Waals surface area contributed by atoms with E-state index < -0.39 is 5.82 Å². The summed E-state index contributed by atoms with van der Waals surface area (Å²) in [4.78, 5) is 0. The summed E-state index contributed by atoms with van der Waals surface area (Å²) in [6, 6.07) is 9.14. The Morgan fingerprint density at radius 2 is 2.06 bits per heavy atom. The highest BCUT2D eigenvalue weighted by atomic mass is 79.9. The molecular formula is C13H9BrClFO2. The molecule has 0 fully saturated rings. The normalized spacial score (nSPS) is 10.4. The van der Waals surface area contributed by atoms with Crippen LogP contribution in [0.5, 0.6) is 11.5 Å². The fourth-order valence-electron chi connectivity index (χ4n) is 1.46. The van der Waals surface area contributed by atoms with Gasteiger partial charge in [-0.1, -0.05) is 23.7 Å². The molecule has 0 aromatic heterocycles. The molecule has 0 amide bonds. The molecule has 1 N–H and O–H groups in total. The predicted octanol–water partition coefficient (Wildman–Crippen LogP) is 4.53. The predicted molar refractivity (Wildman–Crippen MR) is 71.5 cm³/mol. The van der Waals surface area contributed by atoms with Crippen LogP contribution in [0.15, 0.2) is 40.9 Å². The van der Waals surface area contributed by atoms with Crippen LogP contribution in [0.1, 0.15) is 5.56 Å². The summed E-state index contributed by atoms with van der Waals surface area (Å²) in [5, 5.41) is 9.58. The van der Waals surface area contributed by atoms with E-state index >= 15 is 0 Å². The average molecular weight is 332 g/mol. The minimum atomic E-state index is -0.411. The highest BCUT2D eigenvalue weighted by Gasteiger charge is 2.11. The lowest BCUT2D eigenvalue weighted by Gasteiger charge is -2.12. The first kappa shape index (κ1) is 13.3. The summed E-state index contributed by atoms with van der Waals surface area (Å²) in [5.74, 6) is 0.219. The zero-order valence-corrected chi connectivity index (χ0v) is 11.5. The number of hydrogen-bond acceptors (Lipinski definition) is 2. The van der Waals surface area contributed by atoms with E-state index in [1.165, 1.54) is 12.1 Å². The summed E-state index contributed by atoms with van der Waals surface area (Å²) >= 11 is 9.27. The minimum absolute atomic E-state index is 0.206. The average Bonchev–Trinajstić information content (AvgIpc) is 2.36. The van der Waals surface area contributed by atoms with Crippen LogP contribution in [0.4, 0.5) is 4.39 Å². The molecule has 0 aliphatic heterocycles. The van der Waals surface area contributed by atoms with Crippen LogP contribution in [0.2, 0.25) is 5.02 Å². The maximum atomic E-state index is 13.1. The molecule has 18 heavy (non-hydrogen) atoms. The molecule has 0 bridgehead atoms. The fourth-order valence-corrected chi connectivity index (χ4v) is 2.02. The van der Waals surface area contributed by atoms with Crippen molar-refractivity contribution in [3.63, 3.8) is 0 Å². The van der Waals surface area contributed by atoms with Gasteiger partial charge in [0.05, 0.1) is 16.1 Å². The number of rotatable bonds is 3. The summed E-state index contributed by atoms with van der Waals surface area (Å²) < 4.78 is 19.3. The summed E-state index contributed by atoms with van der Waals surface area (Å²) in [5.41, 5.74) is 0.540. The monoisotopic (exact) mass is 330 g/mol. The molecule has 94 valence electrons. The molecule has 0 saturated carbocycles. The maximum Gasteiger partial charge on any atom is 0.151 e. The second-order valence-electron chi connectivity index (χ2n) is 3.56. The molecule has 0 spiro atoms. The molecule has 2 aromatic rings. The number of para-hydroxylation sites is 1. The molecule has 0 saturated heterocycles. The van der Waals surface area contributed by atoms with Gasteiger partial charge in [-0.2, -0.15) is 0 Å². The van der Waals surface area contributed by atoms with Crippen LogP contribution < -0.4 is 4.74 Å². The van der Waals surface area contributed by atoms with Crippen LogP contribution in [0.3, 0.4) is 0 Å². The smallest absolute Gasteiger partial charge is 0.151 e. The van der Waals surface area contributed by atoms with E-state index in [1.807, 2.05) is 0 Å². The molecular weight excluding hydrogens is 322 g/mol. The third-order valence-electron chi connectivity index (χ3n) is 2.32. The van der Waals surface area contributed by atoms with E-state index in [0.717, 1.165) is 0 Å². The van der Waals surface area contributed by atoms with Gasteiger partial charge in [-0.05, 0) is 34.1 Å². The van der Waals surface area contributed by atoms with Crippen molar-refractivity contribution in [1.82, 2.24) is 0 Å². The lowest BCUT2D eigenvalue weighted by molar-refractivity contribution is 0.276. The Kier molecular flexibility index (Phi) is 4.22. The topological polar surface area (TPSA) is 29.5 Å². The van der Waals surface area contributed by atoms with Crippen molar-refractivity contribution in [2.45, 2.75) is 6.61 Å². The van der Waals surface area contributed by atoms with Gasteiger partial charge in [0, 0.05) is 11.6 Å². The van der Waals surface area contributed by atoms with Crippen LogP contribution in [0.25, 0.3) is 0 Å². The van der Waals surface area contributed by atoms with Crippen molar-refractivity contribution < 1.29 is 14.2 Å². The highest BCUT2D eigenvalue weighted by Crippen LogP contribution is 2.36.